The summed E-state index contributed by atoms with van der Waals surface area (Å²) < 4.78 is 0. The topological polar surface area (TPSA) is 67.8 Å². The Balaban J connectivity index is 0.000000204. The van der Waals surface area contributed by atoms with E-state index in [4.69, 9.17) is 11.6 Å². The summed E-state index contributed by atoms with van der Waals surface area (Å²) in [5.41, 5.74) is 5.88. The van der Waals surface area contributed by atoms with E-state index in [9.17, 15) is 9.90 Å². The van der Waals surface area contributed by atoms with Crippen molar-refractivity contribution >= 4 is 17.6 Å². The van der Waals surface area contributed by atoms with E-state index in [0.29, 0.717) is 16.6 Å². The molecule has 1 atom stereocenters. The summed E-state index contributed by atoms with van der Waals surface area (Å²) >= 11 is 5.61. The number of carbonyl (C=O) groups is 1. The van der Waals surface area contributed by atoms with Crippen LogP contribution in [0.2, 0.25) is 5.02 Å². The molecule has 20 heavy (non-hydrogen) atoms. The zero-order valence-corrected chi connectivity index (χ0v) is 12.1. The average molecular weight is 292 g/mol. The molecular weight excluding hydrogens is 274 g/mol. The Morgan fingerprint density at radius 3 is 2.30 bits per heavy atom. The fourth-order valence-electron chi connectivity index (χ4n) is 1.60. The highest BCUT2D eigenvalue weighted by Gasteiger charge is 1.97. The summed E-state index contributed by atoms with van der Waals surface area (Å²) in [6, 6.07) is 17.4. The van der Waals surface area contributed by atoms with Crippen LogP contribution in [0.1, 0.15) is 24.1 Å². The van der Waals surface area contributed by atoms with Gasteiger partial charge in [0.2, 0.25) is 0 Å². The van der Waals surface area contributed by atoms with Crippen molar-refractivity contribution in [3.05, 3.63) is 70.7 Å². The molecule has 0 spiro atoms. The van der Waals surface area contributed by atoms with Gasteiger partial charge in [-0.2, -0.15) is 0 Å². The Hall–Kier alpha value is -1.84. The van der Waals surface area contributed by atoms with Crippen LogP contribution < -0.4 is 10.8 Å². The number of quaternary nitrogens is 1. The van der Waals surface area contributed by atoms with Crippen molar-refractivity contribution in [3.8, 4) is 0 Å². The quantitative estimate of drug-likeness (QED) is 0.934. The monoisotopic (exact) mass is 291 g/mol. The number of carbonyl (C=O) groups excluding carboxylic acids is 1. The number of aliphatic carboxylic acids is 1. The first-order valence-electron chi connectivity index (χ1n) is 6.31. The van der Waals surface area contributed by atoms with Crippen LogP contribution in [0.25, 0.3) is 0 Å². The van der Waals surface area contributed by atoms with Gasteiger partial charge in [0.05, 0.1) is 0 Å². The minimum Gasteiger partial charge on any atom is -0.550 e. The first-order chi connectivity index (χ1) is 9.49. The maximum atomic E-state index is 10.1. The number of hydrogen-bond acceptors (Lipinski definition) is 2. The largest absolute Gasteiger partial charge is 0.550 e. The Bertz CT molecular complexity index is 541. The van der Waals surface area contributed by atoms with Gasteiger partial charge in [-0.1, -0.05) is 54.1 Å². The summed E-state index contributed by atoms with van der Waals surface area (Å²) in [5.74, 6) is -1.09. The van der Waals surface area contributed by atoms with E-state index in [1.54, 1.807) is 24.3 Å². The minimum atomic E-state index is -1.09. The van der Waals surface area contributed by atoms with Crippen molar-refractivity contribution < 1.29 is 15.6 Å². The van der Waals surface area contributed by atoms with Crippen LogP contribution in [-0.2, 0) is 11.2 Å². The fraction of sp³-hybridized carbons (Fsp3) is 0.188. The van der Waals surface area contributed by atoms with Crippen molar-refractivity contribution in [2.75, 3.05) is 0 Å². The van der Waals surface area contributed by atoms with Crippen LogP contribution in [-0.4, -0.2) is 5.97 Å². The molecule has 0 bridgehead atoms. The molecule has 0 saturated carbocycles. The molecule has 0 aliphatic carbocycles. The van der Waals surface area contributed by atoms with Gasteiger partial charge in [0.15, 0.2) is 0 Å². The molecule has 0 saturated heterocycles. The molecule has 0 aliphatic rings. The van der Waals surface area contributed by atoms with Gasteiger partial charge in [0.25, 0.3) is 0 Å². The molecule has 0 aromatic heterocycles. The third-order valence-corrected chi connectivity index (χ3v) is 2.84. The molecule has 2 aromatic rings. The van der Waals surface area contributed by atoms with Crippen LogP contribution in [0.5, 0.6) is 0 Å². The smallest absolute Gasteiger partial charge is 0.107 e. The highest BCUT2D eigenvalue weighted by molar-refractivity contribution is 6.30. The molecule has 0 fully saturated rings. The summed E-state index contributed by atoms with van der Waals surface area (Å²) in [7, 11) is 0. The van der Waals surface area contributed by atoms with Gasteiger partial charge in [-0.15, -0.1) is 0 Å². The van der Waals surface area contributed by atoms with Gasteiger partial charge in [-0.05, 0) is 24.6 Å². The highest BCUT2D eigenvalue weighted by atomic mass is 35.5. The molecule has 0 radical (unpaired) electrons. The normalized spacial score (nSPS) is 11.2. The van der Waals surface area contributed by atoms with Crippen molar-refractivity contribution in [2.45, 2.75) is 19.4 Å². The number of carboxylic acids is 1. The second-order valence-corrected chi connectivity index (χ2v) is 4.93. The predicted molar refractivity (Wildman–Crippen MR) is 77.9 cm³/mol. The Labute approximate surface area is 124 Å². The number of carboxylic acid groups (broad SMARTS) is 1. The molecule has 106 valence electrons. The molecule has 2 aromatic carbocycles. The van der Waals surface area contributed by atoms with Gasteiger partial charge in [-0.3, -0.25) is 0 Å². The molecule has 0 unspecified atom stereocenters. The predicted octanol–water partition coefficient (Wildman–Crippen LogP) is 1.62. The standard InChI is InChI=1S/C8H7ClO2.C8H11N/c9-7-3-1-2-6(4-7)5-8(10)11;1-7(9)8-5-3-2-4-6-8/h1-4H,5H2,(H,10,11);2-7H,9H2,1H3/t;7-/m.1/s1. The Morgan fingerprint density at radius 1 is 1.20 bits per heavy atom. The van der Waals surface area contributed by atoms with E-state index in [0.717, 1.165) is 0 Å². The molecule has 3 nitrogen and oxygen atoms in total. The number of benzene rings is 2. The van der Waals surface area contributed by atoms with Crippen molar-refractivity contribution in [3.63, 3.8) is 0 Å². The second-order valence-electron chi connectivity index (χ2n) is 4.49. The Morgan fingerprint density at radius 2 is 1.85 bits per heavy atom. The van der Waals surface area contributed by atoms with E-state index in [2.05, 4.69) is 24.8 Å². The lowest BCUT2D eigenvalue weighted by atomic mass is 10.1. The lowest BCUT2D eigenvalue weighted by Crippen LogP contribution is -2.51. The van der Waals surface area contributed by atoms with Gasteiger partial charge in [0.1, 0.15) is 6.04 Å². The summed E-state index contributed by atoms with van der Waals surface area (Å²) in [4.78, 5) is 10.1. The van der Waals surface area contributed by atoms with E-state index in [1.807, 2.05) is 18.2 Å². The zero-order valence-electron chi connectivity index (χ0n) is 11.4. The van der Waals surface area contributed by atoms with Crippen LogP contribution in [0.15, 0.2) is 54.6 Å². The first-order valence-corrected chi connectivity index (χ1v) is 6.69. The molecule has 0 amide bonds. The Kier molecular flexibility index (Phi) is 6.77. The van der Waals surface area contributed by atoms with Crippen molar-refractivity contribution in [1.29, 1.82) is 0 Å². The van der Waals surface area contributed by atoms with Gasteiger partial charge in [0, 0.05) is 23.0 Å². The number of rotatable bonds is 3. The van der Waals surface area contributed by atoms with E-state index in [-0.39, 0.29) is 6.42 Å². The highest BCUT2D eigenvalue weighted by Crippen LogP contribution is 2.10. The van der Waals surface area contributed by atoms with E-state index >= 15 is 0 Å². The van der Waals surface area contributed by atoms with Crippen molar-refractivity contribution in [2.24, 2.45) is 0 Å². The third-order valence-electron chi connectivity index (χ3n) is 2.61. The second kappa shape index (κ2) is 8.35. The minimum absolute atomic E-state index is 0.0828. The SMILES string of the molecule is C[C@@H]([NH3+])c1ccccc1.O=C([O-])Cc1cccc(Cl)c1. The zero-order chi connectivity index (χ0) is 15.0. The van der Waals surface area contributed by atoms with Gasteiger partial charge in [-0.25, -0.2) is 0 Å². The molecule has 0 aliphatic heterocycles. The first kappa shape index (κ1) is 16.2. The van der Waals surface area contributed by atoms with Crippen LogP contribution in [0.4, 0.5) is 0 Å². The van der Waals surface area contributed by atoms with Gasteiger partial charge >= 0.3 is 0 Å². The van der Waals surface area contributed by atoms with Crippen molar-refractivity contribution in [1.82, 2.24) is 0 Å². The van der Waals surface area contributed by atoms with E-state index < -0.39 is 5.97 Å². The van der Waals surface area contributed by atoms with Gasteiger partial charge < -0.3 is 15.6 Å². The van der Waals surface area contributed by atoms with E-state index in [1.165, 1.54) is 5.56 Å². The molecular formula is C16H18ClNO2. The summed E-state index contributed by atoms with van der Waals surface area (Å²) in [5, 5.41) is 10.7. The number of hydrogen-bond donors (Lipinski definition) is 1. The molecule has 0 heterocycles. The lowest BCUT2D eigenvalue weighted by Gasteiger charge is -2.01. The summed E-state index contributed by atoms with van der Waals surface area (Å²) in [6.45, 7) is 2.09. The van der Waals surface area contributed by atoms with Crippen LogP contribution in [0.3, 0.4) is 0 Å². The van der Waals surface area contributed by atoms with Crippen LogP contribution in [0, 0.1) is 0 Å². The fourth-order valence-corrected chi connectivity index (χ4v) is 1.81. The third kappa shape index (κ3) is 6.36. The summed E-state index contributed by atoms with van der Waals surface area (Å²) in [6.07, 6.45) is -0.0828. The van der Waals surface area contributed by atoms with Crippen LogP contribution >= 0.6 is 11.6 Å². The average Bonchev–Trinajstić information content (AvgIpc) is 2.39. The number of halogens is 1. The molecule has 4 heteroatoms. The molecule has 3 N–H and O–H groups in total. The maximum absolute atomic E-state index is 10.1. The maximum Gasteiger partial charge on any atom is 0.107 e. The lowest BCUT2D eigenvalue weighted by molar-refractivity contribution is -0.420. The molecule has 2 rings (SSSR count).